The smallest absolute Gasteiger partial charge is 0.0208 e. The molecule has 1 saturated heterocycles. The van der Waals surface area contributed by atoms with Crippen LogP contribution in [0.5, 0.6) is 0 Å². The summed E-state index contributed by atoms with van der Waals surface area (Å²) in [6, 6.07) is 10.8. The van der Waals surface area contributed by atoms with Crippen LogP contribution in [0.1, 0.15) is 19.4 Å². The predicted octanol–water partition coefficient (Wildman–Crippen LogP) is 1.90. The van der Waals surface area contributed by atoms with Gasteiger partial charge in [0.2, 0.25) is 0 Å². The van der Waals surface area contributed by atoms with E-state index in [-0.39, 0.29) is 6.04 Å². The van der Waals surface area contributed by atoms with Crippen molar-refractivity contribution in [3.05, 3.63) is 35.9 Å². The molecule has 0 aliphatic carbocycles. The Bertz CT molecular complexity index is 324. The third-order valence-electron chi connectivity index (χ3n) is 3.14. The number of hydrogen-bond acceptors (Lipinski definition) is 2. The molecule has 1 aliphatic heterocycles. The van der Waals surface area contributed by atoms with E-state index in [9.17, 15) is 0 Å². The molecule has 1 heterocycles. The van der Waals surface area contributed by atoms with Crippen LogP contribution in [-0.2, 0) is 6.42 Å². The molecule has 0 spiro atoms. The summed E-state index contributed by atoms with van der Waals surface area (Å²) in [4.78, 5) is 2.45. The summed E-state index contributed by atoms with van der Waals surface area (Å²) in [5.74, 6) is 0. The zero-order valence-corrected chi connectivity index (χ0v) is 10.3. The molecule has 2 heteroatoms. The molecule has 16 heavy (non-hydrogen) atoms. The Hall–Kier alpha value is -0.860. The minimum atomic E-state index is 0.262. The van der Waals surface area contributed by atoms with E-state index in [1.165, 1.54) is 18.7 Å². The third-order valence-corrected chi connectivity index (χ3v) is 3.14. The molecule has 0 bridgehead atoms. The standard InChI is InChI=1S/C14H22N2/c1-14(2)10-16(11-14)9-13(15)8-12-6-4-3-5-7-12/h3-7,13H,8-11,15H2,1-2H3/t13-/m1/s1. The molecule has 1 aromatic carbocycles. The first-order valence-electron chi connectivity index (χ1n) is 6.07. The van der Waals surface area contributed by atoms with Crippen LogP contribution in [-0.4, -0.2) is 30.6 Å². The van der Waals surface area contributed by atoms with E-state index in [1.54, 1.807) is 0 Å². The fourth-order valence-electron chi connectivity index (χ4n) is 2.61. The van der Waals surface area contributed by atoms with Gasteiger partial charge < -0.3 is 10.6 Å². The van der Waals surface area contributed by atoms with Gasteiger partial charge in [0.15, 0.2) is 0 Å². The largest absolute Gasteiger partial charge is 0.326 e. The van der Waals surface area contributed by atoms with Gasteiger partial charge in [0.1, 0.15) is 0 Å². The normalized spacial score (nSPS) is 21.4. The maximum absolute atomic E-state index is 6.16. The molecule has 1 atom stereocenters. The van der Waals surface area contributed by atoms with Crippen LogP contribution in [0.4, 0.5) is 0 Å². The Morgan fingerprint density at radius 1 is 1.25 bits per heavy atom. The first kappa shape index (κ1) is 11.6. The molecule has 0 aromatic heterocycles. The summed E-state index contributed by atoms with van der Waals surface area (Å²) in [5.41, 5.74) is 8.01. The van der Waals surface area contributed by atoms with E-state index < -0.39 is 0 Å². The zero-order chi connectivity index (χ0) is 11.6. The monoisotopic (exact) mass is 218 g/mol. The summed E-state index contributed by atoms with van der Waals surface area (Å²) < 4.78 is 0. The second-order valence-electron chi connectivity index (χ2n) is 5.78. The van der Waals surface area contributed by atoms with Gasteiger partial charge in [-0.25, -0.2) is 0 Å². The summed E-state index contributed by atoms with van der Waals surface area (Å²) in [6.45, 7) is 8.03. The van der Waals surface area contributed by atoms with Gasteiger partial charge in [0.05, 0.1) is 0 Å². The van der Waals surface area contributed by atoms with Crippen LogP contribution < -0.4 is 5.73 Å². The Morgan fingerprint density at radius 3 is 2.44 bits per heavy atom. The molecule has 0 amide bonds. The lowest BCUT2D eigenvalue weighted by Gasteiger charge is -2.46. The van der Waals surface area contributed by atoms with Gasteiger partial charge in [-0.1, -0.05) is 44.2 Å². The van der Waals surface area contributed by atoms with Crippen molar-refractivity contribution in [1.82, 2.24) is 4.90 Å². The highest BCUT2D eigenvalue weighted by Gasteiger charge is 2.34. The van der Waals surface area contributed by atoms with Crippen molar-refractivity contribution in [2.45, 2.75) is 26.3 Å². The van der Waals surface area contributed by atoms with E-state index in [0.717, 1.165) is 13.0 Å². The molecule has 0 saturated carbocycles. The summed E-state index contributed by atoms with van der Waals surface area (Å²) in [7, 11) is 0. The van der Waals surface area contributed by atoms with Gasteiger partial charge in [-0.3, -0.25) is 0 Å². The molecule has 1 aromatic rings. The molecular formula is C14H22N2. The van der Waals surface area contributed by atoms with E-state index in [1.807, 2.05) is 6.07 Å². The van der Waals surface area contributed by atoms with Crippen molar-refractivity contribution in [3.8, 4) is 0 Å². The van der Waals surface area contributed by atoms with Gasteiger partial charge in [-0.15, -0.1) is 0 Å². The fourth-order valence-corrected chi connectivity index (χ4v) is 2.61. The minimum absolute atomic E-state index is 0.262. The third kappa shape index (κ3) is 3.06. The maximum atomic E-state index is 6.16. The maximum Gasteiger partial charge on any atom is 0.0208 e. The van der Waals surface area contributed by atoms with Gasteiger partial charge in [-0.05, 0) is 17.4 Å². The molecule has 0 unspecified atom stereocenters. The number of rotatable bonds is 4. The van der Waals surface area contributed by atoms with Crippen molar-refractivity contribution < 1.29 is 0 Å². The van der Waals surface area contributed by atoms with Crippen LogP contribution in [0.2, 0.25) is 0 Å². The molecule has 1 fully saturated rings. The molecule has 2 nitrogen and oxygen atoms in total. The highest BCUT2D eigenvalue weighted by atomic mass is 15.2. The lowest BCUT2D eigenvalue weighted by atomic mass is 9.84. The number of benzene rings is 1. The Kier molecular flexibility index (Phi) is 3.31. The summed E-state index contributed by atoms with van der Waals surface area (Å²) in [5, 5.41) is 0. The number of likely N-dealkylation sites (tertiary alicyclic amines) is 1. The van der Waals surface area contributed by atoms with Crippen LogP contribution in [0, 0.1) is 5.41 Å². The van der Waals surface area contributed by atoms with Gasteiger partial charge in [-0.2, -0.15) is 0 Å². The van der Waals surface area contributed by atoms with Crippen molar-refractivity contribution in [2.24, 2.45) is 11.1 Å². The van der Waals surface area contributed by atoms with Crippen molar-refractivity contribution >= 4 is 0 Å². The summed E-state index contributed by atoms with van der Waals surface area (Å²) >= 11 is 0. The van der Waals surface area contributed by atoms with E-state index in [2.05, 4.69) is 43.0 Å². The van der Waals surface area contributed by atoms with E-state index >= 15 is 0 Å². The van der Waals surface area contributed by atoms with Gasteiger partial charge >= 0.3 is 0 Å². The van der Waals surface area contributed by atoms with Crippen LogP contribution in [0.3, 0.4) is 0 Å². The highest BCUT2D eigenvalue weighted by molar-refractivity contribution is 5.15. The average Bonchev–Trinajstić information content (AvgIpc) is 2.16. The van der Waals surface area contributed by atoms with Gasteiger partial charge in [0.25, 0.3) is 0 Å². The first-order chi connectivity index (χ1) is 7.55. The second kappa shape index (κ2) is 4.56. The topological polar surface area (TPSA) is 29.3 Å². The molecule has 88 valence electrons. The quantitative estimate of drug-likeness (QED) is 0.836. The average molecular weight is 218 g/mol. The zero-order valence-electron chi connectivity index (χ0n) is 10.3. The Labute approximate surface area is 98.4 Å². The SMILES string of the molecule is CC1(C)CN(C[C@H](N)Cc2ccccc2)C1. The molecule has 1 aliphatic rings. The van der Waals surface area contributed by atoms with E-state index in [4.69, 9.17) is 5.73 Å². The Balaban J connectivity index is 1.75. The Morgan fingerprint density at radius 2 is 1.88 bits per heavy atom. The fraction of sp³-hybridized carbons (Fsp3) is 0.571. The highest BCUT2D eigenvalue weighted by Crippen LogP contribution is 2.28. The molecule has 2 N–H and O–H groups in total. The lowest BCUT2D eigenvalue weighted by Crippen LogP contribution is -2.56. The first-order valence-corrected chi connectivity index (χ1v) is 6.07. The number of hydrogen-bond donors (Lipinski definition) is 1. The van der Waals surface area contributed by atoms with Crippen molar-refractivity contribution in [1.29, 1.82) is 0 Å². The minimum Gasteiger partial charge on any atom is -0.326 e. The second-order valence-corrected chi connectivity index (χ2v) is 5.78. The van der Waals surface area contributed by atoms with Crippen molar-refractivity contribution in [3.63, 3.8) is 0 Å². The number of nitrogens with zero attached hydrogens (tertiary/aromatic N) is 1. The van der Waals surface area contributed by atoms with Crippen LogP contribution >= 0.6 is 0 Å². The number of nitrogens with two attached hydrogens (primary N) is 1. The summed E-state index contributed by atoms with van der Waals surface area (Å²) in [6.07, 6.45) is 0.984. The lowest BCUT2D eigenvalue weighted by molar-refractivity contribution is 0.0266. The predicted molar refractivity (Wildman–Crippen MR) is 68.3 cm³/mol. The van der Waals surface area contributed by atoms with E-state index in [0.29, 0.717) is 5.41 Å². The van der Waals surface area contributed by atoms with Gasteiger partial charge in [0, 0.05) is 25.7 Å². The molecular weight excluding hydrogens is 196 g/mol. The van der Waals surface area contributed by atoms with Crippen LogP contribution in [0.25, 0.3) is 0 Å². The molecule has 0 radical (unpaired) electrons. The molecule has 2 rings (SSSR count). The van der Waals surface area contributed by atoms with Crippen LogP contribution in [0.15, 0.2) is 30.3 Å². The van der Waals surface area contributed by atoms with Crippen molar-refractivity contribution in [2.75, 3.05) is 19.6 Å².